The van der Waals surface area contributed by atoms with Crippen molar-refractivity contribution in [1.82, 2.24) is 9.97 Å². The highest BCUT2D eigenvalue weighted by molar-refractivity contribution is 5.97. The van der Waals surface area contributed by atoms with Crippen molar-refractivity contribution in [3.63, 3.8) is 0 Å². The van der Waals surface area contributed by atoms with Crippen molar-refractivity contribution >= 4 is 17.7 Å². The third kappa shape index (κ3) is 1.60. The number of carboxylic acid groups (broad SMARTS) is 1. The molecule has 1 aromatic heterocycles. The van der Waals surface area contributed by atoms with Gasteiger partial charge < -0.3 is 15.4 Å². The lowest BCUT2D eigenvalue weighted by Gasteiger charge is -1.96. The molecule has 6 heteroatoms. The maximum absolute atomic E-state index is 10.5. The number of nitrogens with zero attached hydrogens (tertiary/aromatic N) is 1. The van der Waals surface area contributed by atoms with Crippen molar-refractivity contribution in [3.05, 3.63) is 12.0 Å². The van der Waals surface area contributed by atoms with Gasteiger partial charge in [0.1, 0.15) is 0 Å². The van der Waals surface area contributed by atoms with Crippen molar-refractivity contribution in [2.45, 2.75) is 6.92 Å². The van der Waals surface area contributed by atoms with E-state index >= 15 is 0 Å². The number of anilines is 1. The number of amides is 1. The largest absolute Gasteiger partial charge is 0.476 e. The Morgan fingerprint density at radius 2 is 2.33 bits per heavy atom. The Kier molecular flexibility index (Phi) is 2.09. The zero-order chi connectivity index (χ0) is 9.14. The molecule has 0 fully saturated rings. The fourth-order valence-electron chi connectivity index (χ4n) is 0.719. The van der Waals surface area contributed by atoms with Crippen LogP contribution in [0.25, 0.3) is 0 Å². The molecule has 1 aromatic rings. The van der Waals surface area contributed by atoms with Crippen LogP contribution in [0, 0.1) is 0 Å². The SMILES string of the molecule is CC(=O)Nc1nc[nH]c1C(=O)O. The zero-order valence-electron chi connectivity index (χ0n) is 6.29. The quantitative estimate of drug-likeness (QED) is 0.583. The van der Waals surface area contributed by atoms with Gasteiger partial charge >= 0.3 is 5.97 Å². The average Bonchev–Trinajstić information content (AvgIpc) is 2.33. The number of carbonyl (C=O) groups is 2. The minimum atomic E-state index is -1.16. The number of H-pyrrole nitrogens is 1. The number of hydrogen-bond acceptors (Lipinski definition) is 3. The van der Waals surface area contributed by atoms with Crippen LogP contribution in [-0.2, 0) is 4.79 Å². The first-order chi connectivity index (χ1) is 5.61. The smallest absolute Gasteiger partial charge is 0.356 e. The number of aromatic nitrogens is 2. The summed E-state index contributed by atoms with van der Waals surface area (Å²) < 4.78 is 0. The summed E-state index contributed by atoms with van der Waals surface area (Å²) >= 11 is 0. The molecule has 0 atom stereocenters. The van der Waals surface area contributed by atoms with Gasteiger partial charge in [0.15, 0.2) is 11.5 Å². The van der Waals surface area contributed by atoms with E-state index in [0.717, 1.165) is 0 Å². The minimum Gasteiger partial charge on any atom is -0.476 e. The standard InChI is InChI=1S/C6H7N3O3/c1-3(10)9-5-4(6(11)12)7-2-8-5/h2H,1H3,(H,7,8)(H,9,10)(H,11,12). The van der Waals surface area contributed by atoms with Crippen molar-refractivity contribution in [3.8, 4) is 0 Å². The van der Waals surface area contributed by atoms with Crippen LogP contribution in [0.3, 0.4) is 0 Å². The van der Waals surface area contributed by atoms with Crippen LogP contribution in [0.1, 0.15) is 17.4 Å². The monoisotopic (exact) mass is 169 g/mol. The molecule has 64 valence electrons. The summed E-state index contributed by atoms with van der Waals surface area (Å²) in [6.07, 6.45) is 1.20. The lowest BCUT2D eigenvalue weighted by Crippen LogP contribution is -2.10. The summed E-state index contributed by atoms with van der Waals surface area (Å²) in [6.45, 7) is 1.28. The van der Waals surface area contributed by atoms with Gasteiger partial charge in [-0.3, -0.25) is 4.79 Å². The molecule has 1 rings (SSSR count). The Hall–Kier alpha value is -1.85. The van der Waals surface area contributed by atoms with E-state index < -0.39 is 5.97 Å². The maximum Gasteiger partial charge on any atom is 0.356 e. The van der Waals surface area contributed by atoms with Crippen molar-refractivity contribution < 1.29 is 14.7 Å². The van der Waals surface area contributed by atoms with Crippen LogP contribution in [0.4, 0.5) is 5.82 Å². The summed E-state index contributed by atoms with van der Waals surface area (Å²) in [6, 6.07) is 0. The third-order valence-electron chi connectivity index (χ3n) is 1.15. The topological polar surface area (TPSA) is 95.1 Å². The number of hydrogen-bond donors (Lipinski definition) is 3. The van der Waals surface area contributed by atoms with Crippen LogP contribution in [0.5, 0.6) is 0 Å². The molecule has 12 heavy (non-hydrogen) atoms. The summed E-state index contributed by atoms with van der Waals surface area (Å²) in [7, 11) is 0. The molecule has 6 nitrogen and oxygen atoms in total. The average molecular weight is 169 g/mol. The molecular formula is C6H7N3O3. The minimum absolute atomic E-state index is 0.0370. The molecule has 3 N–H and O–H groups in total. The van der Waals surface area contributed by atoms with E-state index in [1.807, 2.05) is 0 Å². The summed E-state index contributed by atoms with van der Waals surface area (Å²) in [4.78, 5) is 27.0. The predicted octanol–water partition coefficient (Wildman–Crippen LogP) is 0.0663. The lowest BCUT2D eigenvalue weighted by atomic mass is 10.4. The van der Waals surface area contributed by atoms with Gasteiger partial charge in [-0.2, -0.15) is 0 Å². The number of aromatic carboxylic acids is 1. The van der Waals surface area contributed by atoms with Gasteiger partial charge in [0, 0.05) is 6.92 Å². The van der Waals surface area contributed by atoms with Gasteiger partial charge in [0.25, 0.3) is 0 Å². The molecule has 1 amide bonds. The molecule has 0 spiro atoms. The fourth-order valence-corrected chi connectivity index (χ4v) is 0.719. The Morgan fingerprint density at radius 3 is 2.83 bits per heavy atom. The molecule has 1 heterocycles. The van der Waals surface area contributed by atoms with Gasteiger partial charge in [-0.25, -0.2) is 9.78 Å². The number of rotatable bonds is 2. The summed E-state index contributed by atoms with van der Waals surface area (Å²) in [5.74, 6) is -1.48. The molecule has 0 saturated carbocycles. The Labute approximate surface area is 67.6 Å². The first-order valence-electron chi connectivity index (χ1n) is 3.15. The second-order valence-corrected chi connectivity index (χ2v) is 2.11. The maximum atomic E-state index is 10.5. The fraction of sp³-hybridized carbons (Fsp3) is 0.167. The Morgan fingerprint density at radius 1 is 1.67 bits per heavy atom. The van der Waals surface area contributed by atoms with E-state index in [9.17, 15) is 9.59 Å². The van der Waals surface area contributed by atoms with Crippen LogP contribution in [0.2, 0.25) is 0 Å². The Bertz CT molecular complexity index is 318. The van der Waals surface area contributed by atoms with Crippen molar-refractivity contribution in [1.29, 1.82) is 0 Å². The van der Waals surface area contributed by atoms with Gasteiger partial charge in [-0.1, -0.05) is 0 Å². The molecule has 0 aliphatic rings. The normalized spacial score (nSPS) is 9.42. The van der Waals surface area contributed by atoms with E-state index in [4.69, 9.17) is 5.11 Å². The first kappa shape index (κ1) is 8.25. The number of imidazole rings is 1. The number of nitrogens with one attached hydrogen (secondary N) is 2. The highest BCUT2D eigenvalue weighted by Crippen LogP contribution is 2.08. The molecule has 0 aromatic carbocycles. The van der Waals surface area contributed by atoms with Gasteiger partial charge in [0.2, 0.25) is 5.91 Å². The second kappa shape index (κ2) is 3.04. The van der Waals surface area contributed by atoms with Crippen LogP contribution >= 0.6 is 0 Å². The number of carbonyl (C=O) groups excluding carboxylic acids is 1. The highest BCUT2D eigenvalue weighted by Gasteiger charge is 2.12. The third-order valence-corrected chi connectivity index (χ3v) is 1.15. The van der Waals surface area contributed by atoms with E-state index in [2.05, 4.69) is 15.3 Å². The van der Waals surface area contributed by atoms with Crippen molar-refractivity contribution in [2.24, 2.45) is 0 Å². The highest BCUT2D eigenvalue weighted by atomic mass is 16.4. The zero-order valence-corrected chi connectivity index (χ0v) is 6.29. The molecule has 0 aliphatic heterocycles. The van der Waals surface area contributed by atoms with Crippen molar-refractivity contribution in [2.75, 3.05) is 5.32 Å². The van der Waals surface area contributed by atoms with Crippen LogP contribution in [0.15, 0.2) is 6.33 Å². The Balaban J connectivity index is 2.91. The lowest BCUT2D eigenvalue weighted by molar-refractivity contribution is -0.114. The number of aromatic amines is 1. The first-order valence-corrected chi connectivity index (χ1v) is 3.15. The van der Waals surface area contributed by atoms with Gasteiger partial charge in [0.05, 0.1) is 6.33 Å². The van der Waals surface area contributed by atoms with Crippen LogP contribution in [-0.4, -0.2) is 27.0 Å². The molecular weight excluding hydrogens is 162 g/mol. The molecule has 0 saturated heterocycles. The van der Waals surface area contributed by atoms with Crippen LogP contribution < -0.4 is 5.32 Å². The predicted molar refractivity (Wildman–Crippen MR) is 39.9 cm³/mol. The number of carboxylic acids is 1. The summed E-state index contributed by atoms with van der Waals surface area (Å²) in [5, 5.41) is 10.8. The van der Waals surface area contributed by atoms with E-state index in [-0.39, 0.29) is 17.4 Å². The van der Waals surface area contributed by atoms with E-state index in [1.165, 1.54) is 13.3 Å². The van der Waals surface area contributed by atoms with Gasteiger partial charge in [-0.05, 0) is 0 Å². The molecule has 0 aliphatic carbocycles. The molecule has 0 radical (unpaired) electrons. The molecule has 0 unspecified atom stereocenters. The summed E-state index contributed by atoms with van der Waals surface area (Å²) in [5.41, 5.74) is -0.120. The van der Waals surface area contributed by atoms with Gasteiger partial charge in [-0.15, -0.1) is 0 Å². The second-order valence-electron chi connectivity index (χ2n) is 2.11. The van der Waals surface area contributed by atoms with E-state index in [0.29, 0.717) is 0 Å². The van der Waals surface area contributed by atoms with E-state index in [1.54, 1.807) is 0 Å². The molecule has 0 bridgehead atoms.